The number of hydrogen-bond donors (Lipinski definition) is 1. The summed E-state index contributed by atoms with van der Waals surface area (Å²) in [6.45, 7) is 1.99. The molecule has 0 atom stereocenters. The molecule has 0 spiro atoms. The molecule has 174 valence electrons. The van der Waals surface area contributed by atoms with Gasteiger partial charge in [0.2, 0.25) is 0 Å². The first-order valence-electron chi connectivity index (χ1n) is 10.5. The van der Waals surface area contributed by atoms with E-state index >= 15 is 0 Å². The molecule has 0 radical (unpaired) electrons. The summed E-state index contributed by atoms with van der Waals surface area (Å²) >= 11 is 6.07. The second-order valence-corrected chi connectivity index (χ2v) is 10.7. The van der Waals surface area contributed by atoms with Gasteiger partial charge in [-0.2, -0.15) is 0 Å². The SMILES string of the molecule is Cc1cc2c(ccc(=O)n2Cc2cccc(S(C)(=O)=O)c2)c(-c2ccc(Cl)cc2)c1CC(=O)O. The largest absolute Gasteiger partial charge is 0.481 e. The normalized spacial score (nSPS) is 11.6. The minimum Gasteiger partial charge on any atom is -0.481 e. The van der Waals surface area contributed by atoms with Crippen LogP contribution in [0.25, 0.3) is 22.0 Å². The van der Waals surface area contributed by atoms with Crippen molar-refractivity contribution in [2.24, 2.45) is 0 Å². The zero-order valence-corrected chi connectivity index (χ0v) is 20.2. The number of nitrogens with zero attached hydrogens (tertiary/aromatic N) is 1. The van der Waals surface area contributed by atoms with Crippen molar-refractivity contribution in [3.05, 3.63) is 98.8 Å². The molecular weight excluding hydrogens is 474 g/mol. The van der Waals surface area contributed by atoms with E-state index in [-0.39, 0.29) is 23.4 Å². The highest BCUT2D eigenvalue weighted by Crippen LogP contribution is 2.35. The van der Waals surface area contributed by atoms with Crippen LogP contribution in [0.5, 0.6) is 0 Å². The molecule has 0 bridgehead atoms. The molecule has 4 aromatic rings. The molecule has 0 aliphatic carbocycles. The van der Waals surface area contributed by atoms with Gasteiger partial charge in [0, 0.05) is 22.7 Å². The van der Waals surface area contributed by atoms with Gasteiger partial charge < -0.3 is 9.67 Å². The number of aromatic nitrogens is 1. The fourth-order valence-electron chi connectivity index (χ4n) is 4.16. The van der Waals surface area contributed by atoms with Gasteiger partial charge >= 0.3 is 5.97 Å². The first-order chi connectivity index (χ1) is 16.0. The van der Waals surface area contributed by atoms with Gasteiger partial charge in [-0.1, -0.05) is 35.9 Å². The van der Waals surface area contributed by atoms with E-state index in [0.717, 1.165) is 28.3 Å². The molecular formula is C26H22ClNO5S. The maximum atomic E-state index is 12.9. The van der Waals surface area contributed by atoms with Crippen molar-refractivity contribution < 1.29 is 18.3 Å². The molecule has 1 heterocycles. The van der Waals surface area contributed by atoms with Crippen molar-refractivity contribution in [1.29, 1.82) is 0 Å². The molecule has 0 fully saturated rings. The molecule has 0 aliphatic heterocycles. The minimum atomic E-state index is -3.39. The second kappa shape index (κ2) is 9.08. The zero-order valence-electron chi connectivity index (χ0n) is 18.6. The fourth-order valence-corrected chi connectivity index (χ4v) is 4.98. The third-order valence-electron chi connectivity index (χ3n) is 5.75. The molecule has 0 aliphatic rings. The van der Waals surface area contributed by atoms with Crippen LogP contribution in [-0.2, 0) is 27.6 Å². The summed E-state index contributed by atoms with van der Waals surface area (Å²) in [5.74, 6) is -0.955. The molecule has 0 unspecified atom stereocenters. The van der Waals surface area contributed by atoms with Crippen molar-refractivity contribution >= 4 is 38.3 Å². The van der Waals surface area contributed by atoms with Crippen molar-refractivity contribution in [1.82, 2.24) is 4.57 Å². The van der Waals surface area contributed by atoms with Gasteiger partial charge in [0.15, 0.2) is 9.84 Å². The molecule has 34 heavy (non-hydrogen) atoms. The van der Waals surface area contributed by atoms with E-state index in [1.54, 1.807) is 41.0 Å². The van der Waals surface area contributed by atoms with Gasteiger partial charge in [-0.3, -0.25) is 9.59 Å². The number of carboxylic acids is 1. The van der Waals surface area contributed by atoms with Gasteiger partial charge in [-0.25, -0.2) is 8.42 Å². The first kappa shape index (κ1) is 23.7. The number of halogens is 1. The van der Waals surface area contributed by atoms with Crippen LogP contribution in [0.2, 0.25) is 5.02 Å². The molecule has 0 saturated heterocycles. The van der Waals surface area contributed by atoms with Crippen LogP contribution >= 0.6 is 11.6 Å². The number of carboxylic acid groups (broad SMARTS) is 1. The van der Waals surface area contributed by atoms with E-state index < -0.39 is 15.8 Å². The maximum Gasteiger partial charge on any atom is 0.307 e. The summed E-state index contributed by atoms with van der Waals surface area (Å²) in [5, 5.41) is 10.8. The molecule has 1 N–H and O–H groups in total. The Kier molecular flexibility index (Phi) is 6.34. The number of sulfone groups is 1. The Morgan fingerprint density at radius 3 is 2.38 bits per heavy atom. The number of aliphatic carboxylic acids is 1. The number of benzene rings is 3. The van der Waals surface area contributed by atoms with Crippen molar-refractivity contribution in [2.45, 2.75) is 24.8 Å². The lowest BCUT2D eigenvalue weighted by molar-refractivity contribution is -0.136. The average Bonchev–Trinajstić information content (AvgIpc) is 2.77. The fraction of sp³-hybridized carbons (Fsp3) is 0.154. The molecule has 1 aromatic heterocycles. The topological polar surface area (TPSA) is 93.4 Å². The number of aryl methyl sites for hydroxylation is 1. The highest BCUT2D eigenvalue weighted by atomic mass is 35.5. The second-order valence-electron chi connectivity index (χ2n) is 8.23. The van der Waals surface area contributed by atoms with Gasteiger partial charge in [0.05, 0.1) is 23.4 Å². The number of hydrogen-bond acceptors (Lipinski definition) is 4. The Morgan fingerprint density at radius 1 is 1.03 bits per heavy atom. The Morgan fingerprint density at radius 2 is 1.74 bits per heavy atom. The van der Waals surface area contributed by atoms with E-state index in [1.807, 2.05) is 25.1 Å². The van der Waals surface area contributed by atoms with Crippen molar-refractivity contribution in [3.8, 4) is 11.1 Å². The number of fused-ring (bicyclic) bond motifs is 1. The van der Waals surface area contributed by atoms with Gasteiger partial charge in [-0.05, 0) is 71.1 Å². The summed E-state index contributed by atoms with van der Waals surface area (Å²) in [4.78, 5) is 24.7. The van der Waals surface area contributed by atoms with Crippen LogP contribution in [-0.4, -0.2) is 30.3 Å². The molecule has 8 heteroatoms. The molecule has 0 amide bonds. The number of rotatable bonds is 6. The van der Waals surface area contributed by atoms with Crippen LogP contribution < -0.4 is 5.56 Å². The Balaban J connectivity index is 1.99. The lowest BCUT2D eigenvalue weighted by Gasteiger charge is -2.19. The highest BCUT2D eigenvalue weighted by Gasteiger charge is 2.18. The molecule has 0 saturated carbocycles. The summed E-state index contributed by atoms with van der Waals surface area (Å²) < 4.78 is 25.6. The summed E-state index contributed by atoms with van der Waals surface area (Å²) in [6.07, 6.45) is 0.969. The monoisotopic (exact) mass is 495 g/mol. The van der Waals surface area contributed by atoms with Gasteiger partial charge in [0.25, 0.3) is 5.56 Å². The van der Waals surface area contributed by atoms with E-state index in [4.69, 9.17) is 11.6 Å². The lowest BCUT2D eigenvalue weighted by atomic mass is 9.90. The summed E-state index contributed by atoms with van der Waals surface area (Å²) in [7, 11) is -3.39. The van der Waals surface area contributed by atoms with E-state index in [9.17, 15) is 23.1 Å². The standard InChI is InChI=1S/C26H22ClNO5S/c1-16-12-23-21(26(22(16)14-25(30)31)18-6-8-19(27)9-7-18)10-11-24(29)28(23)15-17-4-3-5-20(13-17)34(2,32)33/h3-13H,14-15H2,1-2H3,(H,30,31). The third kappa shape index (κ3) is 4.76. The predicted molar refractivity (Wildman–Crippen MR) is 133 cm³/mol. The van der Waals surface area contributed by atoms with Crippen molar-refractivity contribution in [2.75, 3.05) is 6.26 Å². The van der Waals surface area contributed by atoms with Crippen LogP contribution in [0, 0.1) is 6.92 Å². The first-order valence-corrected chi connectivity index (χ1v) is 12.7. The molecule has 6 nitrogen and oxygen atoms in total. The highest BCUT2D eigenvalue weighted by molar-refractivity contribution is 7.90. The lowest BCUT2D eigenvalue weighted by Crippen LogP contribution is -2.21. The molecule has 4 rings (SSSR count). The Bertz CT molecular complexity index is 1590. The Labute approximate surface area is 202 Å². The zero-order chi connectivity index (χ0) is 24.6. The van der Waals surface area contributed by atoms with E-state index in [0.29, 0.717) is 21.7 Å². The van der Waals surface area contributed by atoms with Crippen LogP contribution in [0.1, 0.15) is 16.7 Å². The van der Waals surface area contributed by atoms with Crippen LogP contribution in [0.3, 0.4) is 0 Å². The van der Waals surface area contributed by atoms with E-state index in [1.165, 1.54) is 12.1 Å². The van der Waals surface area contributed by atoms with Gasteiger partial charge in [-0.15, -0.1) is 0 Å². The smallest absolute Gasteiger partial charge is 0.307 e. The third-order valence-corrected chi connectivity index (χ3v) is 7.12. The summed E-state index contributed by atoms with van der Waals surface area (Å²) in [6, 6.07) is 18.6. The average molecular weight is 496 g/mol. The van der Waals surface area contributed by atoms with Crippen LogP contribution in [0.15, 0.2) is 76.4 Å². The van der Waals surface area contributed by atoms with Crippen LogP contribution in [0.4, 0.5) is 0 Å². The maximum absolute atomic E-state index is 12.9. The minimum absolute atomic E-state index is 0.164. The Hall–Kier alpha value is -3.42. The quantitative estimate of drug-likeness (QED) is 0.418. The molecule has 3 aromatic carbocycles. The van der Waals surface area contributed by atoms with Gasteiger partial charge in [0.1, 0.15) is 0 Å². The number of pyridine rings is 1. The number of carbonyl (C=O) groups is 1. The van der Waals surface area contributed by atoms with E-state index in [2.05, 4.69) is 0 Å². The van der Waals surface area contributed by atoms with Crippen molar-refractivity contribution in [3.63, 3.8) is 0 Å². The summed E-state index contributed by atoms with van der Waals surface area (Å²) in [5.41, 5.74) is 3.97. The predicted octanol–water partition coefficient (Wildman–Crippen LogP) is 4.71.